The Labute approximate surface area is 609 Å². The molecule has 18 rings (SSSR count). The number of ether oxygens (including phenoxy) is 1. The van der Waals surface area contributed by atoms with Gasteiger partial charge in [0.2, 0.25) is 0 Å². The van der Waals surface area contributed by atoms with E-state index in [2.05, 4.69) is 381 Å². The van der Waals surface area contributed by atoms with E-state index in [1.54, 1.807) is 0 Å². The van der Waals surface area contributed by atoms with Crippen LogP contribution in [0, 0.1) is 0 Å². The SMILES string of the molecule is CC(C)(C)c1ccc(N(c2ccc(C(C)(C)C)cc2)c2cc3c4c(c2)N(c2ccccc2)c2c(sc5ccccc25)B4c2cc4c(cc2O3)N(c2ccccc2)c2cc(N(c3ccc(C(C)(C)C)cc3)c3ccc(C(C)(C)C)cc3)cc3c2B4c2sc4ccccc4c2N3c2ccccc2)cc1. The fourth-order valence-corrected chi connectivity index (χ4v) is 18.9. The van der Waals surface area contributed by atoms with Gasteiger partial charge in [0.1, 0.15) is 11.5 Å². The summed E-state index contributed by atoms with van der Waals surface area (Å²) in [7, 11) is 0. The van der Waals surface area contributed by atoms with E-state index in [4.69, 9.17) is 4.74 Å². The molecule has 0 amide bonds. The summed E-state index contributed by atoms with van der Waals surface area (Å²) in [6.45, 7) is 27.2. The van der Waals surface area contributed by atoms with Crippen molar-refractivity contribution in [2.45, 2.75) is 105 Å². The quantitative estimate of drug-likeness (QED) is 0.134. The summed E-state index contributed by atoms with van der Waals surface area (Å²) in [6.07, 6.45) is 0. The number of anilines is 15. The van der Waals surface area contributed by atoms with E-state index in [0.29, 0.717) is 0 Å². The number of hydrogen-bond acceptors (Lipinski definition) is 8. The summed E-state index contributed by atoms with van der Waals surface area (Å²) in [4.78, 5) is 12.6. The van der Waals surface area contributed by atoms with Crippen molar-refractivity contribution in [2.75, 3.05) is 24.5 Å². The highest BCUT2D eigenvalue weighted by atomic mass is 32.1. The summed E-state index contributed by atoms with van der Waals surface area (Å²) >= 11 is 3.86. The van der Waals surface area contributed by atoms with Crippen LogP contribution in [0.15, 0.2) is 273 Å². The Morgan fingerprint density at radius 3 is 1.02 bits per heavy atom. The first-order valence-corrected chi connectivity index (χ1v) is 37.6. The van der Waals surface area contributed by atoms with Gasteiger partial charge in [-0.3, -0.25) is 0 Å². The van der Waals surface area contributed by atoms with Gasteiger partial charge in [0, 0.05) is 104 Å². The van der Waals surface area contributed by atoms with Crippen LogP contribution >= 0.6 is 22.7 Å². The monoisotopic (exact) mass is 1360 g/mol. The van der Waals surface area contributed by atoms with Crippen molar-refractivity contribution < 1.29 is 4.74 Å². The maximum atomic E-state index is 7.98. The molecule has 0 spiro atoms. The van der Waals surface area contributed by atoms with E-state index in [-0.39, 0.29) is 35.1 Å². The molecule has 10 heteroatoms. The molecule has 102 heavy (non-hydrogen) atoms. The number of rotatable bonds is 9. The average Bonchev–Trinajstić information content (AvgIpc) is 1.23. The van der Waals surface area contributed by atoms with Gasteiger partial charge in [0.25, 0.3) is 13.4 Å². The third-order valence-corrected chi connectivity index (χ3v) is 23.9. The predicted octanol–water partition coefficient (Wildman–Crippen LogP) is 22.7. The minimum absolute atomic E-state index is 0.0268. The molecular formula is C92H81B2N5OS2. The summed E-state index contributed by atoms with van der Waals surface area (Å²) in [6, 6.07) is 103. The van der Waals surface area contributed by atoms with Crippen LogP contribution in [-0.4, -0.2) is 13.4 Å². The van der Waals surface area contributed by atoms with E-state index >= 15 is 0 Å². The second-order valence-electron chi connectivity index (χ2n) is 32.2. The van der Waals surface area contributed by atoms with Gasteiger partial charge in [-0.1, -0.05) is 229 Å². The van der Waals surface area contributed by atoms with Crippen LogP contribution < -0.4 is 60.6 Å². The number of para-hydroxylation sites is 3. The van der Waals surface area contributed by atoms with Gasteiger partial charge in [-0.2, -0.15) is 0 Å². The third kappa shape index (κ3) is 10.4. The highest BCUT2D eigenvalue weighted by Crippen LogP contribution is 2.54. The fourth-order valence-electron chi connectivity index (χ4n) is 16.2. The second-order valence-corrected chi connectivity index (χ2v) is 34.4. The number of thiophene rings is 2. The van der Waals surface area contributed by atoms with E-state index in [0.717, 1.165) is 96.4 Å². The van der Waals surface area contributed by atoms with Gasteiger partial charge in [-0.25, -0.2) is 0 Å². The Morgan fingerprint density at radius 1 is 0.294 bits per heavy atom. The fraction of sp³-hybridized carbons (Fsp3) is 0.174. The lowest BCUT2D eigenvalue weighted by atomic mass is 9.33. The highest BCUT2D eigenvalue weighted by Gasteiger charge is 2.50. The minimum Gasteiger partial charge on any atom is -0.458 e. The normalized spacial score (nSPS) is 13.7. The number of fused-ring (bicyclic) bond motifs is 12. The smallest absolute Gasteiger partial charge is 0.268 e. The molecule has 0 bridgehead atoms. The zero-order valence-electron chi connectivity index (χ0n) is 60.1. The zero-order chi connectivity index (χ0) is 69.9. The first-order chi connectivity index (χ1) is 49.1. The van der Waals surface area contributed by atoms with Crippen molar-refractivity contribution in [3.8, 4) is 11.5 Å². The molecule has 4 aliphatic rings. The number of nitrogens with zero attached hydrogens (tertiary/aromatic N) is 5. The van der Waals surface area contributed by atoms with Crippen LogP contribution in [0.1, 0.15) is 105 Å². The van der Waals surface area contributed by atoms with Gasteiger partial charge in [0.05, 0.1) is 22.7 Å². The predicted molar refractivity (Wildman–Crippen MR) is 441 cm³/mol. The molecule has 14 aromatic rings. The highest BCUT2D eigenvalue weighted by molar-refractivity contribution is 7.34. The lowest BCUT2D eigenvalue weighted by molar-refractivity contribution is 0.488. The molecule has 6 heterocycles. The van der Waals surface area contributed by atoms with Crippen molar-refractivity contribution in [1.82, 2.24) is 0 Å². The van der Waals surface area contributed by atoms with Crippen molar-refractivity contribution in [1.29, 1.82) is 0 Å². The lowest BCUT2D eigenvalue weighted by Gasteiger charge is -2.45. The van der Waals surface area contributed by atoms with Gasteiger partial charge in [0.15, 0.2) is 0 Å². The molecule has 0 N–H and O–H groups in total. The summed E-state index contributed by atoms with van der Waals surface area (Å²) in [5.74, 6) is 1.69. The van der Waals surface area contributed by atoms with Crippen LogP contribution in [0.3, 0.4) is 0 Å². The van der Waals surface area contributed by atoms with Gasteiger partial charge in [-0.15, -0.1) is 22.7 Å². The zero-order valence-corrected chi connectivity index (χ0v) is 61.7. The molecule has 12 aromatic carbocycles. The van der Waals surface area contributed by atoms with Crippen molar-refractivity contribution in [2.24, 2.45) is 0 Å². The molecule has 0 radical (unpaired) electrons. The van der Waals surface area contributed by atoms with Crippen molar-refractivity contribution in [3.05, 3.63) is 295 Å². The topological polar surface area (TPSA) is 25.4 Å². The Bertz CT molecular complexity index is 5490. The van der Waals surface area contributed by atoms with Crippen LogP contribution in [0.2, 0.25) is 0 Å². The summed E-state index contributed by atoms with van der Waals surface area (Å²) < 4.78 is 13.1. The number of hydrogen-bond donors (Lipinski definition) is 0. The molecule has 2 aromatic heterocycles. The molecule has 0 atom stereocenters. The van der Waals surface area contributed by atoms with Crippen LogP contribution in [-0.2, 0) is 21.7 Å². The molecule has 0 aliphatic carbocycles. The standard InChI is InChI=1S/C92H81B2N5OS2/c1-89(2,3)58-36-44-65(45-37-58)95(66-46-38-59(39-47-66)90(4,5)6)69-52-76-83-77(53-69)98(63-28-18-14-19-29-63)85-71-32-22-24-34-81(71)101-87(85)93(83)73-56-74-79(57-75(73)97(76)62-26-16-13-17-27-62)100-80-55-70(96(67-48-40-60(41-49-67)91(7,8)9)68-50-42-61(43-51-68)92(10,11)12)54-78-84(80)94(74)88-86(72-33-23-25-35-82(72)102-88)99(78)64-30-20-15-21-31-64/h13-57H,1-12H3. The van der Waals surface area contributed by atoms with Gasteiger partial charge in [-0.05, 0) is 181 Å². The Hall–Kier alpha value is -10.5. The van der Waals surface area contributed by atoms with Crippen molar-refractivity contribution >= 4 is 173 Å². The van der Waals surface area contributed by atoms with Gasteiger partial charge >= 0.3 is 0 Å². The van der Waals surface area contributed by atoms with E-state index < -0.39 is 0 Å². The second kappa shape index (κ2) is 23.5. The first kappa shape index (κ1) is 63.6. The molecular weight excluding hydrogens is 1280 g/mol. The number of benzene rings is 12. The third-order valence-electron chi connectivity index (χ3n) is 21.5. The first-order valence-electron chi connectivity index (χ1n) is 35.9. The van der Waals surface area contributed by atoms with Gasteiger partial charge < -0.3 is 29.2 Å². The van der Waals surface area contributed by atoms with E-state index in [1.165, 1.54) is 74.3 Å². The molecule has 0 saturated carbocycles. The Kier molecular flexibility index (Phi) is 14.7. The molecule has 6 nitrogen and oxygen atoms in total. The molecule has 4 aliphatic heterocycles. The summed E-state index contributed by atoms with van der Waals surface area (Å²) in [5, 5.41) is 2.47. The van der Waals surface area contributed by atoms with Crippen molar-refractivity contribution in [3.63, 3.8) is 0 Å². The molecule has 0 unspecified atom stereocenters. The van der Waals surface area contributed by atoms with Crippen LogP contribution in [0.25, 0.3) is 20.2 Å². The molecule has 0 saturated heterocycles. The molecule has 0 fully saturated rings. The maximum Gasteiger partial charge on any atom is 0.268 e. The largest absolute Gasteiger partial charge is 0.458 e. The Balaban J connectivity index is 0.926. The lowest BCUT2D eigenvalue weighted by Crippen LogP contribution is -2.63. The average molecular weight is 1360 g/mol. The maximum absolute atomic E-state index is 7.98. The van der Waals surface area contributed by atoms with E-state index in [1.807, 2.05) is 22.7 Å². The Morgan fingerprint density at radius 2 is 0.627 bits per heavy atom. The minimum atomic E-state index is -0.196. The molecule has 498 valence electrons. The van der Waals surface area contributed by atoms with Crippen LogP contribution in [0.5, 0.6) is 11.5 Å². The van der Waals surface area contributed by atoms with E-state index in [9.17, 15) is 0 Å². The van der Waals surface area contributed by atoms with Crippen LogP contribution in [0.4, 0.5) is 85.3 Å². The summed E-state index contributed by atoms with van der Waals surface area (Å²) in [5.41, 5.74) is 26.4.